The van der Waals surface area contributed by atoms with Crippen molar-refractivity contribution in [1.82, 2.24) is 9.44 Å². The minimum Gasteiger partial charge on any atom is -0.208 e. The summed E-state index contributed by atoms with van der Waals surface area (Å²) in [5, 5.41) is 0. The summed E-state index contributed by atoms with van der Waals surface area (Å²) < 4.78 is 54.9. The standard InChI is InChI=1S/C19H26N2O4S2/c1-3-8-17(4-2)21-27(24,25)19-13-11-18(12-14-19)26(22,23)20-15-16-9-6-5-7-10-16/h5-7,9-14,17,20-21H,3-4,8,15H2,1-2H3. The molecule has 2 aromatic carbocycles. The van der Waals surface area contributed by atoms with Crippen LogP contribution in [0.3, 0.4) is 0 Å². The van der Waals surface area contributed by atoms with Gasteiger partial charge in [0, 0.05) is 12.6 Å². The van der Waals surface area contributed by atoms with Gasteiger partial charge in [-0.3, -0.25) is 0 Å². The van der Waals surface area contributed by atoms with E-state index >= 15 is 0 Å². The normalized spacial score (nSPS) is 13.4. The van der Waals surface area contributed by atoms with E-state index in [4.69, 9.17) is 0 Å². The van der Waals surface area contributed by atoms with Gasteiger partial charge in [-0.2, -0.15) is 0 Å². The average molecular weight is 411 g/mol. The van der Waals surface area contributed by atoms with Gasteiger partial charge in [0.1, 0.15) is 0 Å². The molecule has 0 aromatic heterocycles. The Kier molecular flexibility index (Phi) is 7.55. The van der Waals surface area contributed by atoms with E-state index in [1.807, 2.05) is 44.2 Å². The fourth-order valence-corrected chi connectivity index (χ4v) is 5.01. The molecular formula is C19H26N2O4S2. The maximum atomic E-state index is 12.5. The maximum Gasteiger partial charge on any atom is 0.240 e. The Labute approximate surface area is 162 Å². The van der Waals surface area contributed by atoms with Crippen LogP contribution < -0.4 is 9.44 Å². The minimum atomic E-state index is -3.72. The predicted octanol–water partition coefficient (Wildman–Crippen LogP) is 3.02. The molecule has 0 saturated heterocycles. The van der Waals surface area contributed by atoms with Crippen LogP contribution in [0.5, 0.6) is 0 Å². The topological polar surface area (TPSA) is 92.3 Å². The summed E-state index contributed by atoms with van der Waals surface area (Å²) in [4.78, 5) is 0.0806. The van der Waals surface area contributed by atoms with E-state index < -0.39 is 20.0 Å². The zero-order chi connectivity index (χ0) is 19.9. The Morgan fingerprint density at radius 3 is 1.89 bits per heavy atom. The van der Waals surface area contributed by atoms with Crippen LogP contribution >= 0.6 is 0 Å². The second kappa shape index (κ2) is 9.45. The largest absolute Gasteiger partial charge is 0.240 e. The fourth-order valence-electron chi connectivity index (χ4n) is 2.64. The van der Waals surface area contributed by atoms with Gasteiger partial charge >= 0.3 is 0 Å². The van der Waals surface area contributed by atoms with Crippen molar-refractivity contribution in [2.45, 2.75) is 55.5 Å². The summed E-state index contributed by atoms with van der Waals surface area (Å²) in [6.07, 6.45) is 2.33. The van der Waals surface area contributed by atoms with Crippen molar-refractivity contribution in [3.63, 3.8) is 0 Å². The van der Waals surface area contributed by atoms with E-state index in [-0.39, 0.29) is 22.4 Å². The Bertz CT molecular complexity index is 925. The van der Waals surface area contributed by atoms with Gasteiger partial charge in [-0.15, -0.1) is 0 Å². The number of rotatable bonds is 10. The van der Waals surface area contributed by atoms with Crippen LogP contribution in [-0.4, -0.2) is 22.9 Å². The van der Waals surface area contributed by atoms with Crippen molar-refractivity contribution in [2.24, 2.45) is 0 Å². The highest BCUT2D eigenvalue weighted by Crippen LogP contribution is 2.16. The van der Waals surface area contributed by atoms with Crippen molar-refractivity contribution in [1.29, 1.82) is 0 Å². The molecule has 148 valence electrons. The van der Waals surface area contributed by atoms with Crippen molar-refractivity contribution in [3.05, 3.63) is 60.2 Å². The Morgan fingerprint density at radius 1 is 0.815 bits per heavy atom. The second-order valence-corrected chi connectivity index (χ2v) is 9.78. The van der Waals surface area contributed by atoms with Crippen LogP contribution in [0.15, 0.2) is 64.4 Å². The lowest BCUT2D eigenvalue weighted by molar-refractivity contribution is 0.512. The quantitative estimate of drug-likeness (QED) is 0.630. The molecule has 0 heterocycles. The smallest absolute Gasteiger partial charge is 0.208 e. The van der Waals surface area contributed by atoms with Crippen LogP contribution in [0.2, 0.25) is 0 Å². The molecule has 1 atom stereocenters. The van der Waals surface area contributed by atoms with Crippen LogP contribution in [-0.2, 0) is 26.6 Å². The zero-order valence-electron chi connectivity index (χ0n) is 15.6. The molecule has 0 aliphatic rings. The molecular weight excluding hydrogens is 384 g/mol. The summed E-state index contributed by atoms with van der Waals surface area (Å²) in [5.41, 5.74) is 0.839. The van der Waals surface area contributed by atoms with Crippen molar-refractivity contribution >= 4 is 20.0 Å². The molecule has 0 aliphatic carbocycles. The Morgan fingerprint density at radius 2 is 1.37 bits per heavy atom. The summed E-state index contributed by atoms with van der Waals surface area (Å²) in [6, 6.07) is 14.3. The van der Waals surface area contributed by atoms with E-state index in [0.717, 1.165) is 18.4 Å². The molecule has 0 fully saturated rings. The summed E-state index contributed by atoms with van der Waals surface area (Å²) >= 11 is 0. The lowest BCUT2D eigenvalue weighted by Crippen LogP contribution is -2.34. The van der Waals surface area contributed by atoms with E-state index in [1.54, 1.807) is 0 Å². The van der Waals surface area contributed by atoms with Crippen molar-refractivity contribution in [2.75, 3.05) is 0 Å². The van der Waals surface area contributed by atoms with E-state index in [1.165, 1.54) is 24.3 Å². The van der Waals surface area contributed by atoms with Crippen LogP contribution in [0.4, 0.5) is 0 Å². The molecule has 27 heavy (non-hydrogen) atoms. The lowest BCUT2D eigenvalue weighted by Gasteiger charge is -2.16. The Balaban J connectivity index is 2.11. The zero-order valence-corrected chi connectivity index (χ0v) is 17.2. The molecule has 0 amide bonds. The highest BCUT2D eigenvalue weighted by atomic mass is 32.2. The SMILES string of the molecule is CCCC(CC)NS(=O)(=O)c1ccc(S(=O)(=O)NCc2ccccc2)cc1. The lowest BCUT2D eigenvalue weighted by atomic mass is 10.1. The first-order chi connectivity index (χ1) is 12.8. The average Bonchev–Trinajstić information content (AvgIpc) is 2.67. The molecule has 0 radical (unpaired) electrons. The molecule has 0 saturated carbocycles. The van der Waals surface area contributed by atoms with Crippen LogP contribution in [0.25, 0.3) is 0 Å². The molecule has 1 unspecified atom stereocenters. The predicted molar refractivity (Wildman–Crippen MR) is 106 cm³/mol. The monoisotopic (exact) mass is 410 g/mol. The van der Waals surface area contributed by atoms with E-state index in [2.05, 4.69) is 9.44 Å². The first-order valence-electron chi connectivity index (χ1n) is 8.94. The van der Waals surface area contributed by atoms with Crippen LogP contribution in [0, 0.1) is 0 Å². The number of hydrogen-bond donors (Lipinski definition) is 2. The molecule has 2 aromatic rings. The molecule has 0 bridgehead atoms. The minimum absolute atomic E-state index is 0.0259. The van der Waals surface area contributed by atoms with Crippen molar-refractivity contribution in [3.8, 4) is 0 Å². The summed E-state index contributed by atoms with van der Waals surface area (Å²) in [5.74, 6) is 0. The third-order valence-corrected chi connectivity index (χ3v) is 7.16. The summed E-state index contributed by atoms with van der Waals surface area (Å²) in [7, 11) is -7.40. The first-order valence-corrected chi connectivity index (χ1v) is 11.9. The number of hydrogen-bond acceptors (Lipinski definition) is 4. The first kappa shape index (κ1) is 21.6. The number of nitrogens with one attached hydrogen (secondary N) is 2. The highest BCUT2D eigenvalue weighted by molar-refractivity contribution is 7.90. The van der Waals surface area contributed by atoms with Gasteiger partial charge in [0.25, 0.3) is 0 Å². The van der Waals surface area contributed by atoms with Crippen molar-refractivity contribution < 1.29 is 16.8 Å². The van der Waals surface area contributed by atoms with Gasteiger partial charge in [0.15, 0.2) is 0 Å². The van der Waals surface area contributed by atoms with E-state index in [9.17, 15) is 16.8 Å². The highest BCUT2D eigenvalue weighted by Gasteiger charge is 2.20. The molecule has 0 aliphatic heterocycles. The molecule has 2 rings (SSSR count). The Hall–Kier alpha value is -1.74. The number of benzene rings is 2. The van der Waals surface area contributed by atoms with Crippen LogP contribution in [0.1, 0.15) is 38.7 Å². The molecule has 6 nitrogen and oxygen atoms in total. The number of sulfonamides is 2. The fraction of sp³-hybridized carbons (Fsp3) is 0.368. The van der Waals surface area contributed by atoms with E-state index in [0.29, 0.717) is 6.42 Å². The maximum absolute atomic E-state index is 12.5. The van der Waals surface area contributed by atoms with Gasteiger partial charge < -0.3 is 0 Å². The molecule has 2 N–H and O–H groups in total. The summed E-state index contributed by atoms with van der Waals surface area (Å²) in [6.45, 7) is 4.09. The second-order valence-electron chi connectivity index (χ2n) is 6.30. The molecule has 0 spiro atoms. The van der Waals surface area contributed by atoms with Gasteiger partial charge in [0.05, 0.1) is 9.79 Å². The van der Waals surface area contributed by atoms with Gasteiger partial charge in [0.2, 0.25) is 20.0 Å². The van der Waals surface area contributed by atoms with Gasteiger partial charge in [-0.05, 0) is 42.7 Å². The molecule has 8 heteroatoms. The third-order valence-electron chi connectivity index (χ3n) is 4.21. The van der Waals surface area contributed by atoms with Gasteiger partial charge in [-0.25, -0.2) is 26.3 Å². The van der Waals surface area contributed by atoms with Gasteiger partial charge in [-0.1, -0.05) is 50.6 Å². The third kappa shape index (κ3) is 6.14.